The smallest absolute Gasteiger partial charge is 0.240 e. The van der Waals surface area contributed by atoms with Gasteiger partial charge in [0.2, 0.25) is 5.91 Å². The number of para-hydroxylation sites is 2. The van der Waals surface area contributed by atoms with Gasteiger partial charge in [0.1, 0.15) is 5.71 Å². The maximum absolute atomic E-state index is 11.2. The van der Waals surface area contributed by atoms with Gasteiger partial charge in [0.15, 0.2) is 5.82 Å². The van der Waals surface area contributed by atoms with Gasteiger partial charge < -0.3 is 4.98 Å². The molecule has 0 bridgehead atoms. The van der Waals surface area contributed by atoms with Crippen LogP contribution in [0.15, 0.2) is 29.4 Å². The molecule has 1 aliphatic rings. The van der Waals surface area contributed by atoms with Crippen molar-refractivity contribution in [2.45, 2.75) is 13.3 Å². The molecule has 2 aromatic rings. The lowest BCUT2D eigenvalue weighted by atomic mass is 10.00. The van der Waals surface area contributed by atoms with E-state index in [2.05, 4.69) is 20.5 Å². The number of amides is 1. The zero-order valence-corrected chi connectivity index (χ0v) is 9.40. The highest BCUT2D eigenvalue weighted by Gasteiger charge is 2.23. The lowest BCUT2D eigenvalue weighted by molar-refractivity contribution is -0.121. The Bertz CT molecular complexity index is 581. The van der Waals surface area contributed by atoms with Crippen LogP contribution in [-0.2, 0) is 4.79 Å². The Kier molecular flexibility index (Phi) is 2.18. The minimum Gasteiger partial charge on any atom is -0.337 e. The molecule has 5 heteroatoms. The molecule has 86 valence electrons. The summed E-state index contributed by atoms with van der Waals surface area (Å²) in [6.45, 7) is 1.98. The van der Waals surface area contributed by atoms with Crippen molar-refractivity contribution in [2.24, 2.45) is 11.0 Å². The van der Waals surface area contributed by atoms with Gasteiger partial charge in [-0.1, -0.05) is 19.1 Å². The molecular weight excluding hydrogens is 216 g/mol. The average Bonchev–Trinajstić information content (AvgIpc) is 2.72. The minimum absolute atomic E-state index is 0.0441. The quantitative estimate of drug-likeness (QED) is 0.775. The van der Waals surface area contributed by atoms with Crippen LogP contribution in [0.25, 0.3) is 11.0 Å². The number of nitrogens with one attached hydrogen (secondary N) is 2. The summed E-state index contributed by atoms with van der Waals surface area (Å²) in [5.74, 6) is 0.778. The number of aromatic amines is 1. The van der Waals surface area contributed by atoms with E-state index in [0.29, 0.717) is 6.42 Å². The van der Waals surface area contributed by atoms with E-state index >= 15 is 0 Å². The van der Waals surface area contributed by atoms with Gasteiger partial charge in [0.05, 0.1) is 11.0 Å². The van der Waals surface area contributed by atoms with E-state index < -0.39 is 0 Å². The first kappa shape index (κ1) is 10.0. The fourth-order valence-corrected chi connectivity index (χ4v) is 2.01. The van der Waals surface area contributed by atoms with E-state index in [9.17, 15) is 4.79 Å². The molecule has 1 unspecified atom stereocenters. The zero-order chi connectivity index (χ0) is 11.8. The van der Waals surface area contributed by atoms with Crippen LogP contribution < -0.4 is 5.43 Å². The topological polar surface area (TPSA) is 70.1 Å². The summed E-state index contributed by atoms with van der Waals surface area (Å²) >= 11 is 0. The number of aromatic nitrogens is 2. The van der Waals surface area contributed by atoms with E-state index in [4.69, 9.17) is 0 Å². The molecule has 1 aromatic heterocycles. The molecule has 1 amide bonds. The van der Waals surface area contributed by atoms with Crippen molar-refractivity contribution in [2.75, 3.05) is 0 Å². The molecule has 0 aliphatic carbocycles. The predicted molar refractivity (Wildman–Crippen MR) is 64.6 cm³/mol. The number of hydrogen-bond donors (Lipinski definition) is 2. The lowest BCUT2D eigenvalue weighted by Gasteiger charge is -2.16. The Labute approximate surface area is 97.9 Å². The van der Waals surface area contributed by atoms with E-state index in [-0.39, 0.29) is 11.8 Å². The molecule has 1 atom stereocenters. The summed E-state index contributed by atoms with van der Waals surface area (Å²) in [6.07, 6.45) is 0.454. The van der Waals surface area contributed by atoms with Gasteiger partial charge in [-0.15, -0.1) is 0 Å². The summed E-state index contributed by atoms with van der Waals surface area (Å²) < 4.78 is 0. The zero-order valence-electron chi connectivity index (χ0n) is 9.40. The van der Waals surface area contributed by atoms with Crippen molar-refractivity contribution in [1.82, 2.24) is 15.4 Å². The SMILES string of the molecule is CC1CC(=O)NN=C1c1nc2ccccc2[nH]1. The highest BCUT2D eigenvalue weighted by atomic mass is 16.2. The van der Waals surface area contributed by atoms with Crippen molar-refractivity contribution >= 4 is 22.7 Å². The van der Waals surface area contributed by atoms with Gasteiger partial charge in [-0.25, -0.2) is 10.4 Å². The number of hydrazone groups is 1. The molecule has 5 nitrogen and oxygen atoms in total. The van der Waals surface area contributed by atoms with Gasteiger partial charge in [-0.05, 0) is 12.1 Å². The molecule has 0 radical (unpaired) electrons. The summed E-state index contributed by atoms with van der Waals surface area (Å²) in [5.41, 5.74) is 5.19. The van der Waals surface area contributed by atoms with Crippen LogP contribution in [0, 0.1) is 5.92 Å². The fraction of sp³-hybridized carbons (Fsp3) is 0.250. The molecule has 1 aromatic carbocycles. The maximum atomic E-state index is 11.2. The molecule has 3 rings (SSSR count). The van der Waals surface area contributed by atoms with Crippen LogP contribution in [0.3, 0.4) is 0 Å². The highest BCUT2D eigenvalue weighted by molar-refractivity contribution is 6.04. The van der Waals surface area contributed by atoms with Crippen molar-refractivity contribution in [3.8, 4) is 0 Å². The predicted octanol–water partition coefficient (Wildman–Crippen LogP) is 1.42. The second-order valence-electron chi connectivity index (χ2n) is 4.24. The standard InChI is InChI=1S/C12H12N4O/c1-7-6-10(17)15-16-11(7)12-13-8-4-2-3-5-9(8)14-12/h2-5,7H,6H2,1H3,(H,13,14)(H,15,17). The Morgan fingerprint density at radius 3 is 2.94 bits per heavy atom. The molecule has 0 fully saturated rings. The number of benzene rings is 1. The van der Waals surface area contributed by atoms with Gasteiger partial charge in [-0.2, -0.15) is 5.10 Å². The number of nitrogens with zero attached hydrogens (tertiary/aromatic N) is 2. The number of carbonyl (C=O) groups is 1. The van der Waals surface area contributed by atoms with Crippen molar-refractivity contribution in [3.05, 3.63) is 30.1 Å². The van der Waals surface area contributed by atoms with E-state index in [1.165, 1.54) is 0 Å². The molecule has 0 saturated carbocycles. The highest BCUT2D eigenvalue weighted by Crippen LogP contribution is 2.17. The Balaban J connectivity index is 2.06. The number of rotatable bonds is 1. The summed E-state index contributed by atoms with van der Waals surface area (Å²) in [7, 11) is 0. The molecule has 0 spiro atoms. The third-order valence-electron chi connectivity index (χ3n) is 2.89. The minimum atomic E-state index is -0.0441. The third kappa shape index (κ3) is 1.69. The molecule has 0 saturated heterocycles. The number of carbonyl (C=O) groups excluding carboxylic acids is 1. The first-order chi connectivity index (χ1) is 8.24. The van der Waals surface area contributed by atoms with E-state index in [1.807, 2.05) is 31.2 Å². The number of hydrogen-bond acceptors (Lipinski definition) is 3. The first-order valence-electron chi connectivity index (χ1n) is 5.55. The maximum Gasteiger partial charge on any atom is 0.240 e. The molecule has 2 N–H and O–H groups in total. The fourth-order valence-electron chi connectivity index (χ4n) is 2.01. The van der Waals surface area contributed by atoms with E-state index in [0.717, 1.165) is 22.6 Å². The van der Waals surface area contributed by atoms with Crippen molar-refractivity contribution in [1.29, 1.82) is 0 Å². The average molecular weight is 228 g/mol. The van der Waals surface area contributed by atoms with Crippen LogP contribution in [0.4, 0.5) is 0 Å². The Hall–Kier alpha value is -2.17. The molecule has 1 aliphatic heterocycles. The van der Waals surface area contributed by atoms with Crippen LogP contribution in [0.1, 0.15) is 19.2 Å². The molecular formula is C12H12N4O. The van der Waals surface area contributed by atoms with Crippen molar-refractivity contribution in [3.63, 3.8) is 0 Å². The van der Waals surface area contributed by atoms with Crippen molar-refractivity contribution < 1.29 is 4.79 Å². The Morgan fingerprint density at radius 2 is 2.18 bits per heavy atom. The van der Waals surface area contributed by atoms with Gasteiger partial charge in [0.25, 0.3) is 0 Å². The van der Waals surface area contributed by atoms with Gasteiger partial charge in [0, 0.05) is 12.3 Å². The number of imidazole rings is 1. The Morgan fingerprint density at radius 1 is 1.35 bits per heavy atom. The first-order valence-corrected chi connectivity index (χ1v) is 5.55. The van der Waals surface area contributed by atoms with E-state index in [1.54, 1.807) is 0 Å². The molecule has 17 heavy (non-hydrogen) atoms. The lowest BCUT2D eigenvalue weighted by Crippen LogP contribution is -2.32. The van der Waals surface area contributed by atoms with Crippen LogP contribution >= 0.6 is 0 Å². The van der Waals surface area contributed by atoms with Crippen LogP contribution in [0.5, 0.6) is 0 Å². The van der Waals surface area contributed by atoms with Crippen LogP contribution in [-0.4, -0.2) is 21.6 Å². The molecule has 2 heterocycles. The largest absolute Gasteiger partial charge is 0.337 e. The summed E-state index contributed by atoms with van der Waals surface area (Å²) in [5, 5.41) is 4.08. The third-order valence-corrected chi connectivity index (χ3v) is 2.89. The van der Waals surface area contributed by atoms with Gasteiger partial charge >= 0.3 is 0 Å². The summed E-state index contributed by atoms with van der Waals surface area (Å²) in [6, 6.07) is 7.82. The van der Waals surface area contributed by atoms with Gasteiger partial charge in [-0.3, -0.25) is 4.79 Å². The summed E-state index contributed by atoms with van der Waals surface area (Å²) in [4.78, 5) is 18.9. The second kappa shape index (κ2) is 3.69. The number of fused-ring (bicyclic) bond motifs is 1. The normalized spacial score (nSPS) is 20.2. The number of H-pyrrole nitrogens is 1. The van der Waals surface area contributed by atoms with Crippen LogP contribution in [0.2, 0.25) is 0 Å². The second-order valence-corrected chi connectivity index (χ2v) is 4.24. The monoisotopic (exact) mass is 228 g/mol.